The minimum Gasteiger partial charge on any atom is -0.478 e. The maximum atomic E-state index is 14.3. The Balaban J connectivity index is 1.59. The number of carboxylic acids is 1. The third-order valence-electron chi connectivity index (χ3n) is 6.75. The lowest BCUT2D eigenvalue weighted by Gasteiger charge is -2.17. The second-order valence-electron chi connectivity index (χ2n) is 9.65. The smallest absolute Gasteiger partial charge is 0.335 e. The van der Waals surface area contributed by atoms with E-state index < -0.39 is 17.8 Å². The van der Waals surface area contributed by atoms with Crippen LogP contribution in [0.2, 0.25) is 10.0 Å². The van der Waals surface area contributed by atoms with Crippen molar-refractivity contribution in [2.24, 2.45) is 0 Å². The number of nitrogens with zero attached hydrogens (tertiary/aromatic N) is 2. The van der Waals surface area contributed by atoms with Gasteiger partial charge in [0.2, 0.25) is 0 Å². The Morgan fingerprint density at radius 1 is 0.976 bits per heavy atom. The van der Waals surface area contributed by atoms with Crippen molar-refractivity contribution in [2.45, 2.75) is 19.5 Å². The van der Waals surface area contributed by atoms with Crippen molar-refractivity contribution < 1.29 is 19.1 Å². The molecule has 0 spiro atoms. The summed E-state index contributed by atoms with van der Waals surface area (Å²) in [6, 6.07) is 22.5. The van der Waals surface area contributed by atoms with E-state index >= 15 is 0 Å². The molecule has 1 aromatic heterocycles. The number of aromatic nitrogens is 1. The van der Waals surface area contributed by atoms with E-state index in [2.05, 4.69) is 5.32 Å². The van der Waals surface area contributed by atoms with Gasteiger partial charge >= 0.3 is 5.97 Å². The van der Waals surface area contributed by atoms with Crippen LogP contribution in [0.5, 0.6) is 0 Å². The van der Waals surface area contributed by atoms with Crippen molar-refractivity contribution in [3.8, 4) is 17.2 Å². The van der Waals surface area contributed by atoms with E-state index in [9.17, 15) is 24.3 Å². The molecule has 0 radical (unpaired) electrons. The number of aromatic carboxylic acids is 1. The molecule has 41 heavy (non-hydrogen) atoms. The Hall–Kier alpha value is -4.64. The normalized spacial score (nSPS) is 11.7. The highest BCUT2D eigenvalue weighted by Crippen LogP contribution is 2.31. The van der Waals surface area contributed by atoms with Crippen LogP contribution < -0.4 is 5.32 Å². The fourth-order valence-electron chi connectivity index (χ4n) is 4.81. The summed E-state index contributed by atoms with van der Waals surface area (Å²) in [4.78, 5) is 25.0. The zero-order valence-corrected chi connectivity index (χ0v) is 23.2. The largest absolute Gasteiger partial charge is 0.478 e. The van der Waals surface area contributed by atoms with Gasteiger partial charge in [0.05, 0.1) is 34.3 Å². The third kappa shape index (κ3) is 6.09. The van der Waals surface area contributed by atoms with Crippen LogP contribution in [0.15, 0.2) is 85.1 Å². The lowest BCUT2D eigenvalue weighted by Crippen LogP contribution is -2.27. The van der Waals surface area contributed by atoms with Crippen LogP contribution in [-0.4, -0.2) is 21.6 Å². The number of rotatable bonds is 7. The van der Waals surface area contributed by atoms with Crippen LogP contribution >= 0.6 is 23.2 Å². The van der Waals surface area contributed by atoms with Gasteiger partial charge in [0.25, 0.3) is 5.91 Å². The van der Waals surface area contributed by atoms with Crippen molar-refractivity contribution in [3.05, 3.63) is 129 Å². The van der Waals surface area contributed by atoms with Crippen LogP contribution in [0.4, 0.5) is 4.39 Å². The minimum absolute atomic E-state index is 0.146. The van der Waals surface area contributed by atoms with Gasteiger partial charge < -0.3 is 15.0 Å². The number of hydrogen-bond donors (Lipinski definition) is 2. The highest BCUT2D eigenvalue weighted by atomic mass is 35.5. The van der Waals surface area contributed by atoms with Gasteiger partial charge in [-0.1, -0.05) is 35.3 Å². The number of amides is 1. The Labute approximate surface area is 245 Å². The molecule has 0 fully saturated rings. The number of carbonyl (C=O) groups excluding carboxylic acids is 1. The first kappa shape index (κ1) is 27.9. The van der Waals surface area contributed by atoms with Crippen molar-refractivity contribution in [1.29, 1.82) is 5.26 Å². The van der Waals surface area contributed by atoms with E-state index in [-0.39, 0.29) is 17.0 Å². The van der Waals surface area contributed by atoms with Gasteiger partial charge in [-0.25, -0.2) is 9.18 Å². The van der Waals surface area contributed by atoms with Gasteiger partial charge in [-0.3, -0.25) is 4.79 Å². The molecule has 0 aliphatic rings. The van der Waals surface area contributed by atoms with Crippen LogP contribution in [0.1, 0.15) is 50.4 Å². The van der Waals surface area contributed by atoms with Crippen molar-refractivity contribution in [2.75, 3.05) is 0 Å². The van der Waals surface area contributed by atoms with Gasteiger partial charge in [0.15, 0.2) is 0 Å². The molecule has 2 N–H and O–H groups in total. The number of carbonyl (C=O) groups is 2. The Morgan fingerprint density at radius 3 is 2.32 bits per heavy atom. The Morgan fingerprint density at radius 2 is 1.66 bits per heavy atom. The quantitative estimate of drug-likeness (QED) is 0.203. The number of benzene rings is 4. The fourth-order valence-corrected chi connectivity index (χ4v) is 5.38. The molecule has 0 bridgehead atoms. The zero-order chi connectivity index (χ0) is 29.3. The van der Waals surface area contributed by atoms with Crippen LogP contribution in [-0.2, 0) is 6.54 Å². The summed E-state index contributed by atoms with van der Waals surface area (Å²) in [5.74, 6) is -1.97. The average Bonchev–Trinajstić information content (AvgIpc) is 3.34. The van der Waals surface area contributed by atoms with Crippen molar-refractivity contribution in [3.63, 3.8) is 0 Å². The van der Waals surface area contributed by atoms with Gasteiger partial charge in [0.1, 0.15) is 5.82 Å². The minimum atomic E-state index is -1.04. The molecular weight excluding hydrogens is 564 g/mol. The van der Waals surface area contributed by atoms with E-state index in [1.54, 1.807) is 49.4 Å². The second-order valence-corrected chi connectivity index (χ2v) is 10.5. The molecule has 1 amide bonds. The molecule has 0 saturated carbocycles. The van der Waals surface area contributed by atoms with Crippen molar-refractivity contribution >= 4 is 46.0 Å². The van der Waals surface area contributed by atoms with E-state index in [4.69, 9.17) is 23.2 Å². The second kappa shape index (κ2) is 11.5. The van der Waals surface area contributed by atoms with E-state index in [1.165, 1.54) is 18.2 Å². The summed E-state index contributed by atoms with van der Waals surface area (Å²) < 4.78 is 16.2. The fraction of sp³-hybridized carbons (Fsp3) is 0.0938. The molecular formula is C32H22Cl2FN3O3. The molecule has 6 nitrogen and oxygen atoms in total. The lowest BCUT2D eigenvalue weighted by molar-refractivity contribution is 0.0696. The zero-order valence-electron chi connectivity index (χ0n) is 21.7. The molecule has 9 heteroatoms. The number of halogens is 3. The molecule has 5 aromatic rings. The summed E-state index contributed by atoms with van der Waals surface area (Å²) in [7, 11) is 0. The van der Waals surface area contributed by atoms with E-state index in [1.807, 2.05) is 29.0 Å². The number of fused-ring (bicyclic) bond motifs is 1. The third-order valence-corrected chi connectivity index (χ3v) is 7.18. The molecule has 4 aromatic carbocycles. The maximum absolute atomic E-state index is 14.3. The average molecular weight is 586 g/mol. The molecule has 0 aliphatic heterocycles. The number of hydrogen-bond acceptors (Lipinski definition) is 3. The van der Waals surface area contributed by atoms with E-state index in [0.29, 0.717) is 38.8 Å². The Kier molecular flexibility index (Phi) is 7.80. The summed E-state index contributed by atoms with van der Waals surface area (Å²) >= 11 is 12.4. The summed E-state index contributed by atoms with van der Waals surface area (Å²) in [5.41, 5.74) is 3.90. The summed E-state index contributed by atoms with van der Waals surface area (Å²) in [6.07, 6.45) is 1.85. The molecule has 0 unspecified atom stereocenters. The molecule has 1 heterocycles. The molecule has 0 aliphatic carbocycles. The van der Waals surface area contributed by atoms with E-state index in [0.717, 1.165) is 22.6 Å². The molecule has 5 rings (SSSR count). The maximum Gasteiger partial charge on any atom is 0.335 e. The first-order valence-corrected chi connectivity index (χ1v) is 13.3. The van der Waals surface area contributed by atoms with Gasteiger partial charge in [-0.15, -0.1) is 0 Å². The van der Waals surface area contributed by atoms with Crippen LogP contribution in [0.3, 0.4) is 0 Å². The first-order valence-electron chi connectivity index (χ1n) is 12.5. The van der Waals surface area contributed by atoms with Gasteiger partial charge in [-0.05, 0) is 95.9 Å². The van der Waals surface area contributed by atoms with Gasteiger partial charge in [0, 0.05) is 28.2 Å². The first-order chi connectivity index (χ1) is 19.6. The predicted molar refractivity (Wildman–Crippen MR) is 157 cm³/mol. The predicted octanol–water partition coefficient (Wildman–Crippen LogP) is 7.86. The van der Waals surface area contributed by atoms with Crippen LogP contribution in [0, 0.1) is 17.1 Å². The lowest BCUT2D eigenvalue weighted by atomic mass is 9.98. The number of nitrogens with one attached hydrogen (secondary N) is 1. The standard InChI is InChI=1S/C32H22Cl2FN3O3/c1-18(21-2-4-22(5-3-21)32(40)41)37-31(39)29-14-25(24-8-19(16-36)11-28(35)13-24)12-23-6-7-38(30(23)29)17-20-9-26(33)15-27(34)10-20/h2-15,18H,17H2,1H3,(H,37,39)(H,40,41)/t18-/m0/s1. The van der Waals surface area contributed by atoms with Crippen LogP contribution in [0.25, 0.3) is 22.0 Å². The monoisotopic (exact) mass is 585 g/mol. The SMILES string of the molecule is C[C@H](NC(=O)c1cc(-c2cc(F)cc(C#N)c2)cc2ccn(Cc3cc(Cl)cc(Cl)c3)c12)c1ccc(C(=O)O)cc1. The Bertz CT molecular complexity index is 1840. The highest BCUT2D eigenvalue weighted by Gasteiger charge is 2.20. The summed E-state index contributed by atoms with van der Waals surface area (Å²) in [5, 5.41) is 23.3. The molecule has 1 atom stereocenters. The highest BCUT2D eigenvalue weighted by molar-refractivity contribution is 6.34. The molecule has 0 saturated heterocycles. The topological polar surface area (TPSA) is 95.1 Å². The number of carboxylic acid groups (broad SMARTS) is 1. The summed E-state index contributed by atoms with van der Waals surface area (Å²) in [6.45, 7) is 2.18. The van der Waals surface area contributed by atoms with Crippen molar-refractivity contribution in [1.82, 2.24) is 9.88 Å². The number of nitriles is 1. The van der Waals surface area contributed by atoms with Gasteiger partial charge in [-0.2, -0.15) is 5.26 Å². The molecule has 204 valence electrons.